The zero-order chi connectivity index (χ0) is 26.9. The second-order valence-corrected chi connectivity index (χ2v) is 10.1. The van der Waals surface area contributed by atoms with Gasteiger partial charge in [0, 0.05) is 17.1 Å². The molecule has 0 radical (unpaired) electrons. The minimum Gasteiger partial charge on any atom is -0.508 e. The quantitative estimate of drug-likeness (QED) is 0.267. The fraction of sp³-hybridized carbons (Fsp3) is 0.440. The van der Waals surface area contributed by atoms with Crippen molar-refractivity contribution in [1.82, 2.24) is 9.80 Å². The van der Waals surface area contributed by atoms with E-state index in [1.54, 1.807) is 19.0 Å². The van der Waals surface area contributed by atoms with E-state index in [1.807, 2.05) is 0 Å². The molecule has 0 aliphatic heterocycles. The molecule has 192 valence electrons. The van der Waals surface area contributed by atoms with Gasteiger partial charge >= 0.3 is 0 Å². The number of aromatic hydroxyl groups is 1. The van der Waals surface area contributed by atoms with Gasteiger partial charge in [-0.1, -0.05) is 0 Å². The van der Waals surface area contributed by atoms with Crippen LogP contribution < -0.4 is 5.73 Å². The lowest BCUT2D eigenvalue weighted by molar-refractivity contribution is -0.153. The predicted octanol–water partition coefficient (Wildman–Crippen LogP) is -0.292. The first kappa shape index (κ1) is 25.5. The first-order valence-electron chi connectivity index (χ1n) is 11.4. The number of Topliss-reactive ketones (excluding diaryl/α,β-unsaturated/α-hetero) is 3. The number of fused-ring (bicyclic) bond motifs is 3. The van der Waals surface area contributed by atoms with Gasteiger partial charge in [0.1, 0.15) is 22.8 Å². The van der Waals surface area contributed by atoms with Crippen LogP contribution in [0.5, 0.6) is 5.75 Å². The monoisotopic (exact) mass is 499 g/mol. The molecule has 3 aliphatic carbocycles. The molecular weight excluding hydrogens is 470 g/mol. The number of hydrogen-bond acceptors (Lipinski definition) is 10. The number of carbonyl (C=O) groups is 4. The normalized spacial score (nSPS) is 27.8. The molecule has 0 heterocycles. The summed E-state index contributed by atoms with van der Waals surface area (Å²) < 4.78 is 0. The Hall–Kier alpha value is -3.54. The van der Waals surface area contributed by atoms with Crippen LogP contribution >= 0.6 is 0 Å². The Bertz CT molecular complexity index is 1280. The van der Waals surface area contributed by atoms with E-state index in [1.165, 1.54) is 31.1 Å². The van der Waals surface area contributed by atoms with Crippen LogP contribution in [0.1, 0.15) is 27.9 Å². The number of benzene rings is 1. The third-order valence-corrected chi connectivity index (χ3v) is 7.36. The summed E-state index contributed by atoms with van der Waals surface area (Å²) in [6, 6.07) is 1.54. The van der Waals surface area contributed by atoms with Gasteiger partial charge in [-0.3, -0.25) is 24.1 Å². The molecule has 1 fully saturated rings. The van der Waals surface area contributed by atoms with Crippen LogP contribution in [-0.4, -0.2) is 99.9 Å². The summed E-state index contributed by atoms with van der Waals surface area (Å²) in [5.41, 5.74) is 2.02. The molecule has 0 saturated heterocycles. The molecule has 0 aromatic heterocycles. The average Bonchev–Trinajstić information content (AvgIpc) is 2.75. The SMILES string of the molecule is CN(C)CC(=O)c1ccc(O)c2c1CC1CC3[C@H](N(C)C)C(=O)C(C(N)=O)=C(O)C3(O)C(=O)C1=C2O. The molecule has 3 aliphatic rings. The molecule has 1 aromatic rings. The molecule has 11 heteroatoms. The fourth-order valence-electron chi connectivity index (χ4n) is 5.88. The first-order chi connectivity index (χ1) is 16.7. The van der Waals surface area contributed by atoms with Crippen LogP contribution in [0.3, 0.4) is 0 Å². The number of carbonyl (C=O) groups excluding carboxylic acids is 4. The number of phenolic OH excluding ortho intramolecular Hbond substituents is 1. The van der Waals surface area contributed by atoms with Crippen LogP contribution in [0.2, 0.25) is 0 Å². The number of nitrogens with zero attached hydrogens (tertiary/aromatic N) is 2. The summed E-state index contributed by atoms with van der Waals surface area (Å²) in [4.78, 5) is 54.9. The van der Waals surface area contributed by atoms with E-state index in [0.29, 0.717) is 5.56 Å². The van der Waals surface area contributed by atoms with Gasteiger partial charge < -0.3 is 31.1 Å². The molecule has 4 atom stereocenters. The highest BCUT2D eigenvalue weighted by Crippen LogP contribution is 2.52. The summed E-state index contributed by atoms with van der Waals surface area (Å²) in [7, 11) is 6.51. The van der Waals surface area contributed by atoms with Crippen molar-refractivity contribution in [3.63, 3.8) is 0 Å². The highest BCUT2D eigenvalue weighted by atomic mass is 16.3. The van der Waals surface area contributed by atoms with Crippen molar-refractivity contribution in [3.05, 3.63) is 45.7 Å². The molecular formula is C25H29N3O8. The maximum absolute atomic E-state index is 13.8. The van der Waals surface area contributed by atoms with Gasteiger partial charge in [0.15, 0.2) is 17.2 Å². The summed E-state index contributed by atoms with van der Waals surface area (Å²) in [5.74, 6) is -7.49. The Labute approximate surface area is 207 Å². The topological polar surface area (TPSA) is 182 Å². The smallest absolute Gasteiger partial charge is 0.255 e. The maximum Gasteiger partial charge on any atom is 0.255 e. The number of likely N-dealkylation sites (N-methyl/N-ethyl adjacent to an activating group) is 2. The lowest BCUT2D eigenvalue weighted by Gasteiger charge is -2.50. The van der Waals surface area contributed by atoms with Crippen LogP contribution in [0.4, 0.5) is 0 Å². The number of nitrogens with two attached hydrogens (primary N) is 1. The predicted molar refractivity (Wildman–Crippen MR) is 127 cm³/mol. The van der Waals surface area contributed by atoms with E-state index in [-0.39, 0.29) is 47.6 Å². The van der Waals surface area contributed by atoms with Crippen molar-refractivity contribution in [1.29, 1.82) is 0 Å². The lowest BCUT2D eigenvalue weighted by atomic mass is 9.57. The first-order valence-corrected chi connectivity index (χ1v) is 11.4. The number of ketones is 3. The van der Waals surface area contributed by atoms with Crippen molar-refractivity contribution in [2.45, 2.75) is 24.5 Å². The number of primary amides is 1. The number of aliphatic hydroxyl groups excluding tert-OH is 2. The highest BCUT2D eigenvalue weighted by Gasteiger charge is 2.64. The van der Waals surface area contributed by atoms with Gasteiger partial charge in [-0.15, -0.1) is 0 Å². The van der Waals surface area contributed by atoms with Gasteiger partial charge in [0.2, 0.25) is 5.78 Å². The van der Waals surface area contributed by atoms with Gasteiger partial charge in [-0.2, -0.15) is 0 Å². The average molecular weight is 500 g/mol. The minimum absolute atomic E-state index is 0.0390. The van der Waals surface area contributed by atoms with Crippen LogP contribution in [0.25, 0.3) is 5.76 Å². The Balaban J connectivity index is 1.95. The lowest BCUT2D eigenvalue weighted by Crippen LogP contribution is -2.65. The molecule has 1 aromatic carbocycles. The molecule has 1 saturated carbocycles. The number of rotatable bonds is 5. The third kappa shape index (κ3) is 3.46. The van der Waals surface area contributed by atoms with E-state index in [2.05, 4.69) is 0 Å². The van der Waals surface area contributed by atoms with Crippen molar-refractivity contribution in [3.8, 4) is 5.75 Å². The van der Waals surface area contributed by atoms with E-state index in [9.17, 15) is 39.6 Å². The third-order valence-electron chi connectivity index (χ3n) is 7.36. The van der Waals surface area contributed by atoms with Gasteiger partial charge in [-0.05, 0) is 64.6 Å². The molecule has 6 N–H and O–H groups in total. The molecule has 3 unspecified atom stereocenters. The van der Waals surface area contributed by atoms with Crippen LogP contribution in [-0.2, 0) is 20.8 Å². The van der Waals surface area contributed by atoms with E-state index >= 15 is 0 Å². The summed E-state index contributed by atoms with van der Waals surface area (Å²) in [5, 5.41) is 44.1. The van der Waals surface area contributed by atoms with Crippen molar-refractivity contribution >= 4 is 29.0 Å². The second kappa shape index (κ2) is 8.54. The summed E-state index contributed by atoms with van der Waals surface area (Å²) >= 11 is 0. The molecule has 0 bridgehead atoms. The number of amides is 1. The zero-order valence-corrected chi connectivity index (χ0v) is 20.4. The standard InChI is InChI=1S/C25H29N3O8/c1-27(2)9-15(30)11-5-6-14(29)17-12(11)7-10-8-13-19(28(3)4)21(32)18(24(26)35)23(34)25(13,36)22(33)16(10)20(17)31/h5-6,10,13,19,29,31,34,36H,7-9H2,1-4H3,(H2,26,35)/t10?,13?,19-,25?/m0/s1. The molecule has 36 heavy (non-hydrogen) atoms. The Morgan fingerprint density at radius 3 is 2.31 bits per heavy atom. The second-order valence-electron chi connectivity index (χ2n) is 10.1. The number of phenols is 1. The van der Waals surface area contributed by atoms with Crippen LogP contribution in [0, 0.1) is 11.8 Å². The molecule has 4 rings (SSSR count). The fourth-order valence-corrected chi connectivity index (χ4v) is 5.88. The zero-order valence-electron chi connectivity index (χ0n) is 20.4. The summed E-state index contributed by atoms with van der Waals surface area (Å²) in [6.45, 7) is 0.0757. The molecule has 1 amide bonds. The number of hydrogen-bond donors (Lipinski definition) is 5. The Morgan fingerprint density at radius 2 is 1.75 bits per heavy atom. The van der Waals surface area contributed by atoms with E-state index in [0.717, 1.165) is 0 Å². The Morgan fingerprint density at radius 1 is 1.11 bits per heavy atom. The van der Waals surface area contributed by atoms with Crippen molar-refractivity contribution in [2.75, 3.05) is 34.7 Å². The summed E-state index contributed by atoms with van der Waals surface area (Å²) in [6.07, 6.45) is 0.0279. The Kier molecular flexibility index (Phi) is 6.06. The van der Waals surface area contributed by atoms with Gasteiger partial charge in [0.25, 0.3) is 5.91 Å². The van der Waals surface area contributed by atoms with Crippen LogP contribution in [0.15, 0.2) is 29.0 Å². The largest absolute Gasteiger partial charge is 0.508 e. The van der Waals surface area contributed by atoms with Crippen molar-refractivity contribution < 1.29 is 39.6 Å². The van der Waals surface area contributed by atoms with Gasteiger partial charge in [0.05, 0.1) is 18.2 Å². The maximum atomic E-state index is 13.8. The minimum atomic E-state index is -2.70. The van der Waals surface area contributed by atoms with E-state index < -0.39 is 58.0 Å². The molecule has 11 nitrogen and oxygen atoms in total. The van der Waals surface area contributed by atoms with Gasteiger partial charge in [-0.25, -0.2) is 0 Å². The van der Waals surface area contributed by atoms with Crippen molar-refractivity contribution in [2.24, 2.45) is 17.6 Å². The number of aliphatic hydroxyl groups is 3. The van der Waals surface area contributed by atoms with E-state index in [4.69, 9.17) is 5.73 Å². The molecule has 0 spiro atoms. The highest BCUT2D eigenvalue weighted by molar-refractivity contribution is 6.24.